The van der Waals surface area contributed by atoms with E-state index in [0.29, 0.717) is 0 Å². The highest BCUT2D eigenvalue weighted by Gasteiger charge is 2.24. The van der Waals surface area contributed by atoms with E-state index in [1.54, 1.807) is 0 Å². The Bertz CT molecular complexity index is 1620. The maximum atomic E-state index is 2.34. The summed E-state index contributed by atoms with van der Waals surface area (Å²) in [6.07, 6.45) is 2.19. The van der Waals surface area contributed by atoms with E-state index in [1.165, 1.54) is 61.2 Å². The van der Waals surface area contributed by atoms with Crippen LogP contribution in [0.4, 0.5) is 0 Å². The SMILES string of the molecule is c1ccc(-c2cc(-c3ccccc3)cc(-c3ccc(C4c5ccccc5CCc5ccccc54)cc3)c2)cc1. The summed E-state index contributed by atoms with van der Waals surface area (Å²) < 4.78 is 0. The first-order chi connectivity index (χ1) is 19.3. The van der Waals surface area contributed by atoms with Crippen molar-refractivity contribution < 1.29 is 0 Å². The van der Waals surface area contributed by atoms with Crippen LogP contribution in [0.5, 0.6) is 0 Å². The maximum absolute atomic E-state index is 2.34. The fourth-order valence-corrected chi connectivity index (χ4v) is 6.14. The molecule has 39 heavy (non-hydrogen) atoms. The van der Waals surface area contributed by atoms with Crippen LogP contribution in [0.1, 0.15) is 33.7 Å². The summed E-state index contributed by atoms with van der Waals surface area (Å²) in [4.78, 5) is 0. The van der Waals surface area contributed by atoms with Crippen molar-refractivity contribution in [3.05, 3.63) is 179 Å². The molecule has 0 fully saturated rings. The summed E-state index contributed by atoms with van der Waals surface area (Å²) >= 11 is 0. The number of aryl methyl sites for hydroxylation is 2. The molecular weight excluding hydrogens is 468 g/mol. The minimum absolute atomic E-state index is 0.254. The molecule has 7 rings (SSSR count). The summed E-state index contributed by atoms with van der Waals surface area (Å²) in [5, 5.41) is 0. The van der Waals surface area contributed by atoms with Crippen molar-refractivity contribution in [2.24, 2.45) is 0 Å². The molecule has 0 nitrogen and oxygen atoms in total. The van der Waals surface area contributed by atoms with E-state index in [4.69, 9.17) is 0 Å². The number of hydrogen-bond acceptors (Lipinski definition) is 0. The van der Waals surface area contributed by atoms with Gasteiger partial charge in [0, 0.05) is 5.92 Å². The highest BCUT2D eigenvalue weighted by Crippen LogP contribution is 2.40. The van der Waals surface area contributed by atoms with Gasteiger partial charge in [-0.25, -0.2) is 0 Å². The van der Waals surface area contributed by atoms with Crippen LogP contribution in [0.15, 0.2) is 152 Å². The van der Waals surface area contributed by atoms with Crippen LogP contribution in [-0.2, 0) is 12.8 Å². The zero-order valence-electron chi connectivity index (χ0n) is 21.9. The highest BCUT2D eigenvalue weighted by atomic mass is 14.3. The molecule has 0 aromatic heterocycles. The number of hydrogen-bond donors (Lipinski definition) is 0. The van der Waals surface area contributed by atoms with Gasteiger partial charge in [-0.3, -0.25) is 0 Å². The molecule has 0 radical (unpaired) electrons. The van der Waals surface area contributed by atoms with Gasteiger partial charge in [-0.15, -0.1) is 0 Å². The molecule has 186 valence electrons. The van der Waals surface area contributed by atoms with Crippen LogP contribution < -0.4 is 0 Å². The molecule has 0 heteroatoms. The van der Waals surface area contributed by atoms with Crippen molar-refractivity contribution in [2.75, 3.05) is 0 Å². The second-order valence-electron chi connectivity index (χ2n) is 10.5. The Morgan fingerprint density at radius 1 is 0.333 bits per heavy atom. The first-order valence-electron chi connectivity index (χ1n) is 13.9. The predicted octanol–water partition coefficient (Wildman–Crippen LogP) is 9.97. The lowest BCUT2D eigenvalue weighted by Crippen LogP contribution is -2.05. The van der Waals surface area contributed by atoms with Crippen molar-refractivity contribution in [3.63, 3.8) is 0 Å². The van der Waals surface area contributed by atoms with Gasteiger partial charge in [-0.05, 0) is 92.2 Å². The summed E-state index contributed by atoms with van der Waals surface area (Å²) in [6, 6.07) is 55.6. The standard InChI is InChI=1S/C39H30/c1-3-11-28(12-4-1)34-25-35(29-13-5-2-6-14-29)27-36(26-34)30-19-23-33(24-20-30)39-37-17-9-7-15-31(37)21-22-32-16-8-10-18-38(32)39/h1-20,23-27,39H,21-22H2. The molecule has 0 saturated carbocycles. The Morgan fingerprint density at radius 3 is 1.18 bits per heavy atom. The van der Waals surface area contributed by atoms with Gasteiger partial charge in [0.15, 0.2) is 0 Å². The van der Waals surface area contributed by atoms with Crippen LogP contribution in [-0.4, -0.2) is 0 Å². The van der Waals surface area contributed by atoms with Crippen molar-refractivity contribution in [1.29, 1.82) is 0 Å². The van der Waals surface area contributed by atoms with E-state index in [1.807, 2.05) is 0 Å². The van der Waals surface area contributed by atoms with Crippen LogP contribution >= 0.6 is 0 Å². The minimum atomic E-state index is 0.254. The Balaban J connectivity index is 1.33. The lowest BCUT2D eigenvalue weighted by atomic mass is 9.82. The zero-order chi connectivity index (χ0) is 26.0. The second kappa shape index (κ2) is 10.2. The summed E-state index contributed by atoms with van der Waals surface area (Å²) in [5.41, 5.74) is 14.6. The third-order valence-electron chi connectivity index (χ3n) is 8.12. The van der Waals surface area contributed by atoms with Crippen LogP contribution in [0.25, 0.3) is 33.4 Å². The van der Waals surface area contributed by atoms with Gasteiger partial charge >= 0.3 is 0 Å². The van der Waals surface area contributed by atoms with Gasteiger partial charge in [0.25, 0.3) is 0 Å². The van der Waals surface area contributed by atoms with Crippen molar-refractivity contribution in [3.8, 4) is 33.4 Å². The molecule has 6 aromatic rings. The molecule has 0 unspecified atom stereocenters. The van der Waals surface area contributed by atoms with Gasteiger partial charge in [0.05, 0.1) is 0 Å². The quantitative estimate of drug-likeness (QED) is 0.227. The Morgan fingerprint density at radius 2 is 0.718 bits per heavy atom. The molecule has 0 N–H and O–H groups in total. The topological polar surface area (TPSA) is 0 Å². The van der Waals surface area contributed by atoms with E-state index in [0.717, 1.165) is 12.8 Å². The largest absolute Gasteiger partial charge is 0.0622 e. The predicted molar refractivity (Wildman–Crippen MR) is 164 cm³/mol. The summed E-state index contributed by atoms with van der Waals surface area (Å²) in [6.45, 7) is 0. The molecule has 0 atom stereocenters. The monoisotopic (exact) mass is 498 g/mol. The van der Waals surface area contributed by atoms with Gasteiger partial charge < -0.3 is 0 Å². The number of benzene rings is 6. The van der Waals surface area contributed by atoms with E-state index in [9.17, 15) is 0 Å². The van der Waals surface area contributed by atoms with Gasteiger partial charge in [0.1, 0.15) is 0 Å². The third-order valence-corrected chi connectivity index (χ3v) is 8.12. The average Bonchev–Trinajstić information content (AvgIpc) is 3.19. The fraction of sp³-hybridized carbons (Fsp3) is 0.0769. The van der Waals surface area contributed by atoms with Crippen LogP contribution in [0.3, 0.4) is 0 Å². The van der Waals surface area contributed by atoms with Gasteiger partial charge in [-0.2, -0.15) is 0 Å². The van der Waals surface area contributed by atoms with Gasteiger partial charge in [0.2, 0.25) is 0 Å². The van der Waals surface area contributed by atoms with Crippen LogP contribution in [0, 0.1) is 0 Å². The van der Waals surface area contributed by atoms with E-state index in [-0.39, 0.29) is 5.92 Å². The molecule has 0 aliphatic heterocycles. The summed E-state index contributed by atoms with van der Waals surface area (Å²) in [7, 11) is 0. The molecule has 0 saturated heterocycles. The van der Waals surface area contributed by atoms with Crippen molar-refractivity contribution >= 4 is 0 Å². The fourth-order valence-electron chi connectivity index (χ4n) is 6.14. The Kier molecular flexibility index (Phi) is 6.15. The molecule has 0 bridgehead atoms. The number of rotatable bonds is 4. The van der Waals surface area contributed by atoms with E-state index >= 15 is 0 Å². The average molecular weight is 499 g/mol. The first-order valence-corrected chi connectivity index (χ1v) is 13.9. The van der Waals surface area contributed by atoms with Gasteiger partial charge in [-0.1, -0.05) is 133 Å². The Hall–Kier alpha value is -4.68. The summed E-state index contributed by atoms with van der Waals surface area (Å²) in [5.74, 6) is 0.254. The molecule has 0 spiro atoms. The van der Waals surface area contributed by atoms with Crippen molar-refractivity contribution in [1.82, 2.24) is 0 Å². The number of fused-ring (bicyclic) bond motifs is 2. The lowest BCUT2D eigenvalue weighted by molar-refractivity contribution is 0.965. The Labute approximate surface area is 231 Å². The molecule has 1 aliphatic carbocycles. The zero-order valence-corrected chi connectivity index (χ0v) is 21.9. The first kappa shape index (κ1) is 23.4. The normalized spacial score (nSPS) is 12.8. The minimum Gasteiger partial charge on any atom is -0.0622 e. The maximum Gasteiger partial charge on any atom is 0.0345 e. The second-order valence-corrected chi connectivity index (χ2v) is 10.5. The smallest absolute Gasteiger partial charge is 0.0345 e. The molecular formula is C39H30. The third kappa shape index (κ3) is 4.60. The van der Waals surface area contributed by atoms with E-state index < -0.39 is 0 Å². The van der Waals surface area contributed by atoms with Crippen molar-refractivity contribution in [2.45, 2.75) is 18.8 Å². The molecule has 1 aliphatic rings. The molecule has 0 amide bonds. The lowest BCUT2D eigenvalue weighted by Gasteiger charge is -2.21. The highest BCUT2D eigenvalue weighted by molar-refractivity contribution is 5.81. The van der Waals surface area contributed by atoms with Crippen LogP contribution in [0.2, 0.25) is 0 Å². The molecule has 6 aromatic carbocycles. The molecule has 0 heterocycles. The van der Waals surface area contributed by atoms with E-state index in [2.05, 4.69) is 152 Å².